The number of hydrogen-bond donors (Lipinski definition) is 1. The number of anilines is 1. The van der Waals surface area contributed by atoms with Gasteiger partial charge in [0.15, 0.2) is 0 Å². The second-order valence-electron chi connectivity index (χ2n) is 3.94. The highest BCUT2D eigenvalue weighted by Crippen LogP contribution is 2.28. The van der Waals surface area contributed by atoms with Crippen molar-refractivity contribution in [1.29, 1.82) is 0 Å². The maximum atomic E-state index is 4.68. The molecule has 17 heavy (non-hydrogen) atoms. The van der Waals surface area contributed by atoms with E-state index in [1.165, 1.54) is 0 Å². The molecule has 0 saturated heterocycles. The van der Waals surface area contributed by atoms with Gasteiger partial charge in [-0.25, -0.2) is 4.99 Å². The highest BCUT2D eigenvalue weighted by Gasteiger charge is 2.11. The highest BCUT2D eigenvalue weighted by atomic mass is 79.9. The van der Waals surface area contributed by atoms with Crippen LogP contribution in [0.4, 0.5) is 11.4 Å². The van der Waals surface area contributed by atoms with Gasteiger partial charge in [-0.1, -0.05) is 40.2 Å². The minimum absolute atomic E-state index is 0.776. The second-order valence-corrected chi connectivity index (χ2v) is 4.85. The third kappa shape index (κ3) is 2.11. The van der Waals surface area contributed by atoms with E-state index in [-0.39, 0.29) is 0 Å². The quantitative estimate of drug-likeness (QED) is 0.842. The molecular weight excluding hydrogens is 276 g/mol. The molecule has 2 aromatic rings. The van der Waals surface area contributed by atoms with Gasteiger partial charge in [0.2, 0.25) is 0 Å². The number of benzene rings is 2. The lowest BCUT2D eigenvalue weighted by atomic mass is 10.1. The first kappa shape index (κ1) is 10.5. The predicted molar refractivity (Wildman–Crippen MR) is 75.3 cm³/mol. The zero-order chi connectivity index (χ0) is 11.7. The predicted octanol–water partition coefficient (Wildman–Crippen LogP) is 4.00. The normalized spacial score (nSPS) is 13.6. The fraction of sp³-hybridized carbons (Fsp3) is 0.0714. The first-order valence-corrected chi connectivity index (χ1v) is 6.29. The van der Waals surface area contributed by atoms with Crippen LogP contribution in [0.1, 0.15) is 5.56 Å². The van der Waals surface area contributed by atoms with E-state index >= 15 is 0 Å². The lowest BCUT2D eigenvalue weighted by molar-refractivity contribution is 1.29. The van der Waals surface area contributed by atoms with Crippen molar-refractivity contribution in [2.24, 2.45) is 4.99 Å². The summed E-state index contributed by atoms with van der Waals surface area (Å²) < 4.78 is 1.09. The molecule has 2 nitrogen and oxygen atoms in total. The Bertz CT molecular complexity index is 573. The molecule has 0 aromatic heterocycles. The van der Waals surface area contributed by atoms with Crippen molar-refractivity contribution in [3.63, 3.8) is 0 Å². The molecule has 84 valence electrons. The first-order chi connectivity index (χ1) is 8.33. The van der Waals surface area contributed by atoms with E-state index in [2.05, 4.69) is 44.4 Å². The van der Waals surface area contributed by atoms with Crippen LogP contribution >= 0.6 is 15.9 Å². The Morgan fingerprint density at radius 1 is 1.00 bits per heavy atom. The van der Waals surface area contributed by atoms with Crippen LogP contribution < -0.4 is 5.32 Å². The summed E-state index contributed by atoms with van der Waals surface area (Å²) in [4.78, 5) is 4.68. The molecule has 1 heterocycles. The maximum Gasteiger partial charge on any atom is 0.0865 e. The molecule has 0 radical (unpaired) electrons. The summed E-state index contributed by atoms with van der Waals surface area (Å²) in [6.07, 6.45) is 0. The molecule has 0 saturated carbocycles. The molecule has 0 fully saturated rings. The SMILES string of the molecule is Brc1ccc(C2=Nc3ccccc3NC2)cc1. The van der Waals surface area contributed by atoms with Crippen LogP contribution in [0.2, 0.25) is 0 Å². The molecule has 0 bridgehead atoms. The number of halogens is 1. The number of para-hydroxylation sites is 2. The van der Waals surface area contributed by atoms with Gasteiger partial charge in [0.25, 0.3) is 0 Å². The van der Waals surface area contributed by atoms with Gasteiger partial charge in [-0.2, -0.15) is 0 Å². The summed E-state index contributed by atoms with van der Waals surface area (Å²) in [6.45, 7) is 0.776. The van der Waals surface area contributed by atoms with Gasteiger partial charge < -0.3 is 5.32 Å². The van der Waals surface area contributed by atoms with Crippen LogP contribution in [0.15, 0.2) is 58.0 Å². The number of hydrogen-bond acceptors (Lipinski definition) is 2. The molecular formula is C14H11BrN2. The van der Waals surface area contributed by atoms with E-state index in [9.17, 15) is 0 Å². The third-order valence-electron chi connectivity index (χ3n) is 2.78. The van der Waals surface area contributed by atoms with Crippen molar-refractivity contribution in [2.45, 2.75) is 0 Å². The molecule has 3 rings (SSSR count). The lowest BCUT2D eigenvalue weighted by Gasteiger charge is -2.17. The number of rotatable bonds is 1. The Kier molecular flexibility index (Phi) is 2.69. The summed E-state index contributed by atoms with van der Waals surface area (Å²) in [5, 5.41) is 3.38. The maximum absolute atomic E-state index is 4.68. The fourth-order valence-corrected chi connectivity index (χ4v) is 2.16. The minimum atomic E-state index is 0.776. The monoisotopic (exact) mass is 286 g/mol. The largest absolute Gasteiger partial charge is 0.378 e. The summed E-state index contributed by atoms with van der Waals surface area (Å²) in [6, 6.07) is 16.4. The molecule has 2 aromatic carbocycles. The molecule has 0 aliphatic carbocycles. The standard InChI is InChI=1S/C14H11BrN2/c15-11-7-5-10(6-8-11)14-9-16-12-3-1-2-4-13(12)17-14/h1-8,16H,9H2. The zero-order valence-corrected chi connectivity index (χ0v) is 10.7. The van der Waals surface area contributed by atoms with E-state index in [0.29, 0.717) is 0 Å². The number of fused-ring (bicyclic) bond motifs is 1. The topological polar surface area (TPSA) is 24.4 Å². The highest BCUT2D eigenvalue weighted by molar-refractivity contribution is 9.10. The van der Waals surface area contributed by atoms with Gasteiger partial charge in [0.1, 0.15) is 0 Å². The summed E-state index contributed by atoms with van der Waals surface area (Å²) >= 11 is 3.44. The van der Waals surface area contributed by atoms with Gasteiger partial charge >= 0.3 is 0 Å². The Labute approximate surface area is 109 Å². The van der Waals surface area contributed by atoms with E-state index in [1.807, 2.05) is 30.3 Å². The zero-order valence-electron chi connectivity index (χ0n) is 9.15. The summed E-state index contributed by atoms with van der Waals surface area (Å²) in [5.74, 6) is 0. The van der Waals surface area contributed by atoms with Crippen LogP contribution in [-0.4, -0.2) is 12.3 Å². The van der Waals surface area contributed by atoms with Gasteiger partial charge in [-0.05, 0) is 29.8 Å². The third-order valence-corrected chi connectivity index (χ3v) is 3.31. The molecule has 1 aliphatic heterocycles. The fourth-order valence-electron chi connectivity index (χ4n) is 1.89. The Morgan fingerprint density at radius 3 is 2.59 bits per heavy atom. The van der Waals surface area contributed by atoms with Crippen molar-refractivity contribution in [3.8, 4) is 0 Å². The lowest BCUT2D eigenvalue weighted by Crippen LogP contribution is -2.18. The molecule has 3 heteroatoms. The molecule has 0 atom stereocenters. The first-order valence-electron chi connectivity index (χ1n) is 5.49. The Morgan fingerprint density at radius 2 is 1.76 bits per heavy atom. The van der Waals surface area contributed by atoms with Gasteiger partial charge in [-0.3, -0.25) is 0 Å². The second kappa shape index (κ2) is 4.34. The van der Waals surface area contributed by atoms with Crippen molar-refractivity contribution in [3.05, 3.63) is 58.6 Å². The van der Waals surface area contributed by atoms with E-state index in [4.69, 9.17) is 0 Å². The van der Waals surface area contributed by atoms with Crippen molar-refractivity contribution >= 4 is 33.0 Å². The van der Waals surface area contributed by atoms with E-state index in [1.54, 1.807) is 0 Å². The molecule has 0 spiro atoms. The minimum Gasteiger partial charge on any atom is -0.378 e. The van der Waals surface area contributed by atoms with Crippen LogP contribution in [0, 0.1) is 0 Å². The summed E-state index contributed by atoms with van der Waals surface area (Å²) in [5.41, 5.74) is 4.36. The van der Waals surface area contributed by atoms with Gasteiger partial charge in [-0.15, -0.1) is 0 Å². The number of aliphatic imine (C=N–C) groups is 1. The number of nitrogens with one attached hydrogen (secondary N) is 1. The van der Waals surface area contributed by atoms with Crippen molar-refractivity contribution < 1.29 is 0 Å². The van der Waals surface area contributed by atoms with Crippen LogP contribution in [0.5, 0.6) is 0 Å². The van der Waals surface area contributed by atoms with Crippen LogP contribution in [-0.2, 0) is 0 Å². The average Bonchev–Trinajstić information content (AvgIpc) is 2.39. The molecule has 0 unspecified atom stereocenters. The van der Waals surface area contributed by atoms with Crippen molar-refractivity contribution in [2.75, 3.05) is 11.9 Å². The van der Waals surface area contributed by atoms with Crippen LogP contribution in [0.25, 0.3) is 0 Å². The smallest absolute Gasteiger partial charge is 0.0865 e. The Hall–Kier alpha value is -1.61. The Balaban J connectivity index is 2.01. The molecule has 1 N–H and O–H groups in total. The van der Waals surface area contributed by atoms with Gasteiger partial charge in [0.05, 0.1) is 23.6 Å². The summed E-state index contributed by atoms with van der Waals surface area (Å²) in [7, 11) is 0. The van der Waals surface area contributed by atoms with Gasteiger partial charge in [0, 0.05) is 4.47 Å². The molecule has 0 amide bonds. The van der Waals surface area contributed by atoms with E-state index in [0.717, 1.165) is 33.7 Å². The number of nitrogens with zero attached hydrogens (tertiary/aromatic N) is 1. The average molecular weight is 287 g/mol. The van der Waals surface area contributed by atoms with Crippen LogP contribution in [0.3, 0.4) is 0 Å². The van der Waals surface area contributed by atoms with E-state index < -0.39 is 0 Å². The van der Waals surface area contributed by atoms with Crippen molar-refractivity contribution in [1.82, 2.24) is 0 Å². The molecule has 1 aliphatic rings.